The summed E-state index contributed by atoms with van der Waals surface area (Å²) in [5.41, 5.74) is 2.89. The largest absolute Gasteiger partial charge is 0.497 e. The van der Waals surface area contributed by atoms with Crippen LogP contribution >= 0.6 is 0 Å². The zero-order chi connectivity index (χ0) is 22.6. The topological polar surface area (TPSA) is 51.5 Å². The third kappa shape index (κ3) is 3.28. The number of ether oxygens (including phenoxy) is 1. The van der Waals surface area contributed by atoms with Crippen LogP contribution in [0.2, 0.25) is 0 Å². The van der Waals surface area contributed by atoms with E-state index in [0.29, 0.717) is 16.5 Å². The minimum Gasteiger partial charge on any atom is -0.497 e. The summed E-state index contributed by atoms with van der Waals surface area (Å²) in [5, 5.41) is 2.56. The van der Waals surface area contributed by atoms with E-state index in [1.807, 2.05) is 60.8 Å². The van der Waals surface area contributed by atoms with E-state index in [1.54, 1.807) is 13.2 Å². The van der Waals surface area contributed by atoms with Crippen molar-refractivity contribution in [3.05, 3.63) is 78.5 Å². The monoisotopic (exact) mass is 458 g/mol. The third-order valence-corrected chi connectivity index (χ3v) is 8.87. The molecule has 1 fully saturated rings. The number of benzene rings is 3. The zero-order valence-electron chi connectivity index (χ0n) is 18.6. The van der Waals surface area contributed by atoms with E-state index in [1.165, 1.54) is 22.4 Å². The van der Waals surface area contributed by atoms with Crippen molar-refractivity contribution in [2.45, 2.75) is 30.2 Å². The fourth-order valence-corrected chi connectivity index (χ4v) is 7.03. The van der Waals surface area contributed by atoms with E-state index < -0.39 is 10.0 Å². The average Bonchev–Trinajstić information content (AvgIpc) is 3.47. The van der Waals surface area contributed by atoms with Gasteiger partial charge in [0.15, 0.2) is 0 Å². The first-order valence-corrected chi connectivity index (χ1v) is 12.9. The van der Waals surface area contributed by atoms with Crippen molar-refractivity contribution in [2.75, 3.05) is 20.2 Å². The molecule has 5 nitrogen and oxygen atoms in total. The normalized spacial score (nSPS) is 19.1. The van der Waals surface area contributed by atoms with E-state index >= 15 is 0 Å². The Kier molecular flexibility index (Phi) is 4.82. The van der Waals surface area contributed by atoms with Gasteiger partial charge in [0.1, 0.15) is 5.75 Å². The molecule has 0 spiro atoms. The summed E-state index contributed by atoms with van der Waals surface area (Å²) >= 11 is 0. The molecule has 168 valence electrons. The van der Waals surface area contributed by atoms with Gasteiger partial charge in [-0.05, 0) is 61.0 Å². The molecular weight excluding hydrogens is 432 g/mol. The van der Waals surface area contributed by atoms with Crippen LogP contribution in [-0.4, -0.2) is 43.5 Å². The highest BCUT2D eigenvalue weighted by molar-refractivity contribution is 7.90. The van der Waals surface area contributed by atoms with Crippen LogP contribution in [0.1, 0.15) is 24.8 Å². The van der Waals surface area contributed by atoms with Crippen LogP contribution in [0.15, 0.2) is 77.8 Å². The summed E-state index contributed by atoms with van der Waals surface area (Å²) < 4.78 is 34.9. The molecule has 3 aromatic carbocycles. The van der Waals surface area contributed by atoms with Gasteiger partial charge in [0.05, 0.1) is 17.5 Å². The van der Waals surface area contributed by atoms with Gasteiger partial charge in [0.2, 0.25) is 0 Å². The molecule has 6 heteroatoms. The van der Waals surface area contributed by atoms with Gasteiger partial charge in [-0.2, -0.15) is 0 Å². The quantitative estimate of drug-likeness (QED) is 0.417. The first kappa shape index (κ1) is 20.5. The number of rotatable bonds is 4. The number of nitrogens with zero attached hydrogens (tertiary/aromatic N) is 2. The molecule has 2 aliphatic rings. The second kappa shape index (κ2) is 7.75. The Morgan fingerprint density at radius 2 is 1.85 bits per heavy atom. The summed E-state index contributed by atoms with van der Waals surface area (Å²) in [4.78, 5) is 2.84. The molecule has 3 heterocycles. The molecule has 0 aliphatic carbocycles. The molecule has 33 heavy (non-hydrogen) atoms. The fourth-order valence-electron chi connectivity index (χ4n) is 5.44. The first-order valence-electron chi connectivity index (χ1n) is 11.4. The molecule has 0 bridgehead atoms. The second-order valence-corrected chi connectivity index (χ2v) is 10.7. The molecule has 0 amide bonds. The molecular formula is C27H26N2O3S. The molecule has 1 aromatic heterocycles. The highest BCUT2D eigenvalue weighted by atomic mass is 32.2. The Morgan fingerprint density at radius 3 is 2.73 bits per heavy atom. The summed E-state index contributed by atoms with van der Waals surface area (Å²) in [6.07, 6.45) is 7.47. The lowest BCUT2D eigenvalue weighted by molar-refractivity contribution is 0.275. The lowest BCUT2D eigenvalue weighted by atomic mass is 9.94. The standard InChI is InChI=1S/C27H26N2O3S/c1-32-22-11-12-26-24(17-22)25(20-13-15-28-14-5-8-21(28)16-20)18-29(26)33(30,31)27-10-4-7-19-6-2-3-9-23(19)27/h2-4,6-7,9-13,17-18,21H,5,8,14-16H2,1H3. The van der Waals surface area contributed by atoms with E-state index in [0.717, 1.165) is 47.0 Å². The van der Waals surface area contributed by atoms with Gasteiger partial charge in [-0.1, -0.05) is 42.5 Å². The molecule has 0 N–H and O–H groups in total. The molecule has 1 saturated heterocycles. The summed E-state index contributed by atoms with van der Waals surface area (Å²) in [7, 11) is -2.17. The van der Waals surface area contributed by atoms with Crippen molar-refractivity contribution in [3.8, 4) is 5.75 Å². The molecule has 2 aliphatic heterocycles. The molecule has 4 aromatic rings. The van der Waals surface area contributed by atoms with Crippen LogP contribution in [0.25, 0.3) is 27.2 Å². The maximum absolute atomic E-state index is 14.0. The van der Waals surface area contributed by atoms with Crippen LogP contribution in [0.5, 0.6) is 5.75 Å². The van der Waals surface area contributed by atoms with E-state index in [4.69, 9.17) is 4.74 Å². The Morgan fingerprint density at radius 1 is 1.00 bits per heavy atom. The van der Waals surface area contributed by atoms with Crippen molar-refractivity contribution >= 4 is 37.3 Å². The molecule has 0 saturated carbocycles. The Labute approximate surface area is 193 Å². The maximum Gasteiger partial charge on any atom is 0.268 e. The second-order valence-electron chi connectivity index (χ2n) is 8.93. The van der Waals surface area contributed by atoms with E-state index in [2.05, 4.69) is 11.0 Å². The summed E-state index contributed by atoms with van der Waals surface area (Å²) in [5.74, 6) is 0.725. The van der Waals surface area contributed by atoms with Crippen LogP contribution in [-0.2, 0) is 10.0 Å². The van der Waals surface area contributed by atoms with Gasteiger partial charge >= 0.3 is 0 Å². The van der Waals surface area contributed by atoms with E-state index in [9.17, 15) is 8.42 Å². The zero-order valence-corrected chi connectivity index (χ0v) is 19.4. The first-order chi connectivity index (χ1) is 16.1. The van der Waals surface area contributed by atoms with E-state index in [-0.39, 0.29) is 0 Å². The molecule has 0 radical (unpaired) electrons. The van der Waals surface area contributed by atoms with Crippen LogP contribution in [0.3, 0.4) is 0 Å². The third-order valence-electron chi connectivity index (χ3n) is 7.14. The average molecular weight is 459 g/mol. The smallest absolute Gasteiger partial charge is 0.268 e. The van der Waals surface area contributed by atoms with Gasteiger partial charge in [-0.25, -0.2) is 12.4 Å². The van der Waals surface area contributed by atoms with Crippen molar-refractivity contribution in [3.63, 3.8) is 0 Å². The predicted octanol–water partition coefficient (Wildman–Crippen LogP) is 5.29. The number of aromatic nitrogens is 1. The predicted molar refractivity (Wildman–Crippen MR) is 132 cm³/mol. The van der Waals surface area contributed by atoms with Gasteiger partial charge in [-0.15, -0.1) is 0 Å². The van der Waals surface area contributed by atoms with Crippen molar-refractivity contribution < 1.29 is 13.2 Å². The Balaban J connectivity index is 1.56. The number of hydrogen-bond acceptors (Lipinski definition) is 4. The molecule has 1 unspecified atom stereocenters. The lowest BCUT2D eigenvalue weighted by Gasteiger charge is -2.29. The Bertz CT molecular complexity index is 1510. The summed E-state index contributed by atoms with van der Waals surface area (Å²) in [6, 6.07) is 19.3. The highest BCUT2D eigenvalue weighted by Gasteiger charge is 2.30. The van der Waals surface area contributed by atoms with Gasteiger partial charge in [-0.3, -0.25) is 4.90 Å². The van der Waals surface area contributed by atoms with Gasteiger partial charge in [0, 0.05) is 35.1 Å². The number of fused-ring (bicyclic) bond motifs is 3. The minimum absolute atomic E-state index is 0.319. The molecule has 6 rings (SSSR count). The van der Waals surface area contributed by atoms with Crippen molar-refractivity contribution in [1.82, 2.24) is 8.87 Å². The van der Waals surface area contributed by atoms with Crippen LogP contribution < -0.4 is 4.74 Å². The summed E-state index contributed by atoms with van der Waals surface area (Å²) in [6.45, 7) is 2.08. The minimum atomic E-state index is -3.81. The fraction of sp³-hybridized carbons (Fsp3) is 0.259. The van der Waals surface area contributed by atoms with Crippen molar-refractivity contribution in [1.29, 1.82) is 0 Å². The van der Waals surface area contributed by atoms with Gasteiger partial charge in [0.25, 0.3) is 10.0 Å². The van der Waals surface area contributed by atoms with Crippen LogP contribution in [0, 0.1) is 0 Å². The van der Waals surface area contributed by atoms with Gasteiger partial charge < -0.3 is 4.74 Å². The van der Waals surface area contributed by atoms with Crippen LogP contribution in [0.4, 0.5) is 0 Å². The number of methoxy groups -OCH3 is 1. The lowest BCUT2D eigenvalue weighted by Crippen LogP contribution is -2.32. The number of hydrogen-bond donors (Lipinski definition) is 0. The Hall–Kier alpha value is -3.09. The van der Waals surface area contributed by atoms with Crippen molar-refractivity contribution in [2.24, 2.45) is 0 Å². The highest BCUT2D eigenvalue weighted by Crippen LogP contribution is 2.39. The maximum atomic E-state index is 14.0. The SMILES string of the molecule is COc1ccc2c(c1)c(C1=CCN3CCCC3C1)cn2S(=O)(=O)c1cccc2ccccc12. The molecule has 1 atom stereocenters.